The molecule has 15 heavy (non-hydrogen) atoms. The number of piperidine rings is 1. The van der Waals surface area contributed by atoms with Crippen LogP contribution in [-0.2, 0) is 4.74 Å². The molecule has 2 unspecified atom stereocenters. The Balaban J connectivity index is 1.64. The molecule has 2 aliphatic rings. The van der Waals surface area contributed by atoms with Crippen molar-refractivity contribution in [2.24, 2.45) is 5.92 Å². The van der Waals surface area contributed by atoms with Crippen LogP contribution in [0.5, 0.6) is 0 Å². The Morgan fingerprint density at radius 3 is 2.87 bits per heavy atom. The minimum Gasteiger partial charge on any atom is -0.377 e. The summed E-state index contributed by atoms with van der Waals surface area (Å²) in [6.45, 7) is 5.74. The lowest BCUT2D eigenvalue weighted by molar-refractivity contribution is 0.0751. The maximum atomic E-state index is 5.66. The molecule has 3 nitrogen and oxygen atoms in total. The third-order valence-corrected chi connectivity index (χ3v) is 3.51. The van der Waals surface area contributed by atoms with E-state index in [-0.39, 0.29) is 0 Å². The Kier molecular flexibility index (Phi) is 4.42. The molecule has 2 fully saturated rings. The first-order chi connectivity index (χ1) is 7.34. The molecule has 3 heteroatoms. The predicted molar refractivity (Wildman–Crippen MR) is 62.1 cm³/mol. The summed E-state index contributed by atoms with van der Waals surface area (Å²) in [5.41, 5.74) is 0. The fourth-order valence-corrected chi connectivity index (χ4v) is 2.73. The van der Waals surface area contributed by atoms with Crippen LogP contribution in [0.25, 0.3) is 0 Å². The number of hydrogen-bond acceptors (Lipinski definition) is 3. The summed E-state index contributed by atoms with van der Waals surface area (Å²) in [6.07, 6.45) is 5.75. The third kappa shape index (κ3) is 3.74. The monoisotopic (exact) mass is 212 g/mol. The lowest BCUT2D eigenvalue weighted by Crippen LogP contribution is -2.39. The number of nitrogens with zero attached hydrogens (tertiary/aromatic N) is 1. The van der Waals surface area contributed by atoms with Gasteiger partial charge in [-0.2, -0.15) is 0 Å². The highest BCUT2D eigenvalue weighted by atomic mass is 16.5. The van der Waals surface area contributed by atoms with Crippen LogP contribution < -0.4 is 5.32 Å². The first kappa shape index (κ1) is 11.4. The average Bonchev–Trinajstić information content (AvgIpc) is 2.71. The van der Waals surface area contributed by atoms with Gasteiger partial charge in [-0.3, -0.25) is 0 Å². The molecule has 0 bridgehead atoms. The van der Waals surface area contributed by atoms with Crippen molar-refractivity contribution in [1.82, 2.24) is 10.2 Å². The Labute approximate surface area is 93.2 Å². The molecule has 0 spiro atoms. The number of rotatable bonds is 4. The van der Waals surface area contributed by atoms with Gasteiger partial charge in [0.05, 0.1) is 6.10 Å². The van der Waals surface area contributed by atoms with Crippen LogP contribution in [0.4, 0.5) is 0 Å². The standard InChI is InChI=1S/C12H24N2O/c1-14(10-12-5-3-7-15-12)9-11-4-2-6-13-8-11/h11-13H,2-10H2,1H3. The molecule has 0 aromatic rings. The average molecular weight is 212 g/mol. The van der Waals surface area contributed by atoms with Gasteiger partial charge in [-0.15, -0.1) is 0 Å². The number of ether oxygens (including phenoxy) is 1. The third-order valence-electron chi connectivity index (χ3n) is 3.51. The summed E-state index contributed by atoms with van der Waals surface area (Å²) in [6, 6.07) is 0. The molecule has 0 saturated carbocycles. The van der Waals surface area contributed by atoms with Gasteiger partial charge in [0.2, 0.25) is 0 Å². The second-order valence-electron chi connectivity index (χ2n) is 5.07. The topological polar surface area (TPSA) is 24.5 Å². The predicted octanol–water partition coefficient (Wildman–Crippen LogP) is 1.10. The minimum absolute atomic E-state index is 0.506. The molecule has 1 N–H and O–H groups in total. The first-order valence-corrected chi connectivity index (χ1v) is 6.35. The number of nitrogens with one attached hydrogen (secondary N) is 1. The van der Waals surface area contributed by atoms with E-state index in [1.807, 2.05) is 0 Å². The van der Waals surface area contributed by atoms with Gasteiger partial charge in [-0.05, 0) is 51.7 Å². The van der Waals surface area contributed by atoms with E-state index in [2.05, 4.69) is 17.3 Å². The highest BCUT2D eigenvalue weighted by Crippen LogP contribution is 2.15. The van der Waals surface area contributed by atoms with Crippen LogP contribution in [0.2, 0.25) is 0 Å². The van der Waals surface area contributed by atoms with E-state index in [1.54, 1.807) is 0 Å². The van der Waals surface area contributed by atoms with Gasteiger partial charge in [0, 0.05) is 19.7 Å². The molecule has 2 saturated heterocycles. The smallest absolute Gasteiger partial charge is 0.0702 e. The van der Waals surface area contributed by atoms with Crippen molar-refractivity contribution in [3.05, 3.63) is 0 Å². The van der Waals surface area contributed by atoms with E-state index < -0.39 is 0 Å². The van der Waals surface area contributed by atoms with Crippen molar-refractivity contribution in [1.29, 1.82) is 0 Å². The van der Waals surface area contributed by atoms with Gasteiger partial charge < -0.3 is 15.0 Å². The lowest BCUT2D eigenvalue weighted by atomic mass is 9.99. The maximum absolute atomic E-state index is 5.66. The molecule has 88 valence electrons. The molecule has 2 atom stereocenters. The van der Waals surface area contributed by atoms with Crippen LogP contribution in [0.1, 0.15) is 25.7 Å². The largest absolute Gasteiger partial charge is 0.377 e. The zero-order valence-electron chi connectivity index (χ0n) is 9.87. The quantitative estimate of drug-likeness (QED) is 0.755. The molecule has 2 aliphatic heterocycles. The first-order valence-electron chi connectivity index (χ1n) is 6.35. The van der Waals surface area contributed by atoms with Gasteiger partial charge in [0.1, 0.15) is 0 Å². The fourth-order valence-electron chi connectivity index (χ4n) is 2.73. The second-order valence-corrected chi connectivity index (χ2v) is 5.07. The summed E-state index contributed by atoms with van der Waals surface area (Å²) in [5, 5.41) is 3.48. The Morgan fingerprint density at radius 1 is 1.27 bits per heavy atom. The van der Waals surface area contributed by atoms with Gasteiger partial charge in [0.15, 0.2) is 0 Å². The molecule has 0 aromatic heterocycles. The molecule has 0 radical (unpaired) electrons. The van der Waals surface area contributed by atoms with Gasteiger partial charge in [-0.25, -0.2) is 0 Å². The van der Waals surface area contributed by atoms with Crippen LogP contribution in [0.15, 0.2) is 0 Å². The van der Waals surface area contributed by atoms with E-state index >= 15 is 0 Å². The summed E-state index contributed by atoms with van der Waals surface area (Å²) in [5.74, 6) is 0.852. The molecule has 2 rings (SSSR count). The van der Waals surface area contributed by atoms with Crippen LogP contribution >= 0.6 is 0 Å². The second kappa shape index (κ2) is 5.83. The van der Waals surface area contributed by atoms with Gasteiger partial charge >= 0.3 is 0 Å². The molecular weight excluding hydrogens is 188 g/mol. The van der Waals surface area contributed by atoms with E-state index in [0.717, 1.165) is 19.1 Å². The van der Waals surface area contributed by atoms with Crippen LogP contribution in [-0.4, -0.2) is 50.8 Å². The SMILES string of the molecule is CN(CC1CCCNC1)CC1CCCO1. The van der Waals surface area contributed by atoms with Crippen LogP contribution in [0, 0.1) is 5.92 Å². The Bertz CT molecular complexity index is 174. The van der Waals surface area contributed by atoms with Gasteiger partial charge in [0.25, 0.3) is 0 Å². The molecule has 2 heterocycles. The zero-order chi connectivity index (χ0) is 10.5. The van der Waals surface area contributed by atoms with Crippen molar-refractivity contribution in [3.63, 3.8) is 0 Å². The zero-order valence-corrected chi connectivity index (χ0v) is 9.87. The Morgan fingerprint density at radius 2 is 2.20 bits per heavy atom. The van der Waals surface area contributed by atoms with Crippen molar-refractivity contribution in [2.45, 2.75) is 31.8 Å². The van der Waals surface area contributed by atoms with E-state index in [9.17, 15) is 0 Å². The summed E-state index contributed by atoms with van der Waals surface area (Å²) in [7, 11) is 2.23. The molecular formula is C12H24N2O. The van der Waals surface area contributed by atoms with Gasteiger partial charge in [-0.1, -0.05) is 0 Å². The normalized spacial score (nSPS) is 32.4. The molecule has 0 amide bonds. The molecule has 0 aromatic carbocycles. The highest BCUT2D eigenvalue weighted by molar-refractivity contribution is 4.74. The summed E-state index contributed by atoms with van der Waals surface area (Å²) >= 11 is 0. The number of likely N-dealkylation sites (N-methyl/N-ethyl adjacent to an activating group) is 1. The summed E-state index contributed by atoms with van der Waals surface area (Å²) in [4.78, 5) is 2.45. The Hall–Kier alpha value is -0.120. The highest BCUT2D eigenvalue weighted by Gasteiger charge is 2.20. The van der Waals surface area contributed by atoms with Crippen molar-refractivity contribution in [3.8, 4) is 0 Å². The maximum Gasteiger partial charge on any atom is 0.0702 e. The fraction of sp³-hybridized carbons (Fsp3) is 1.00. The summed E-state index contributed by atoms with van der Waals surface area (Å²) < 4.78 is 5.66. The van der Waals surface area contributed by atoms with Crippen molar-refractivity contribution < 1.29 is 4.74 Å². The van der Waals surface area contributed by atoms with E-state index in [1.165, 1.54) is 45.3 Å². The molecule has 0 aliphatic carbocycles. The number of hydrogen-bond donors (Lipinski definition) is 1. The minimum atomic E-state index is 0.506. The van der Waals surface area contributed by atoms with E-state index in [4.69, 9.17) is 4.74 Å². The van der Waals surface area contributed by atoms with E-state index in [0.29, 0.717) is 6.10 Å². The van der Waals surface area contributed by atoms with Crippen molar-refractivity contribution >= 4 is 0 Å². The van der Waals surface area contributed by atoms with Crippen LogP contribution in [0.3, 0.4) is 0 Å². The lowest BCUT2D eigenvalue weighted by Gasteiger charge is -2.28. The van der Waals surface area contributed by atoms with Crippen molar-refractivity contribution in [2.75, 3.05) is 39.8 Å².